The highest BCUT2D eigenvalue weighted by Crippen LogP contribution is 2.18. The molecule has 0 radical (unpaired) electrons. The minimum absolute atomic E-state index is 0.313. The highest BCUT2D eigenvalue weighted by Gasteiger charge is 2.11. The zero-order valence-electron chi connectivity index (χ0n) is 10.3. The van der Waals surface area contributed by atoms with E-state index in [-0.39, 0.29) is 5.91 Å². The number of hydrogen-bond acceptors (Lipinski definition) is 2. The molecule has 94 valence electrons. The molecule has 1 aromatic carbocycles. The summed E-state index contributed by atoms with van der Waals surface area (Å²) in [7, 11) is 0. The third kappa shape index (κ3) is 3.12. The van der Waals surface area contributed by atoms with Gasteiger partial charge in [-0.25, -0.2) is 0 Å². The van der Waals surface area contributed by atoms with E-state index in [1.165, 1.54) is 6.20 Å². The number of anilines is 1. The summed E-state index contributed by atoms with van der Waals surface area (Å²) in [6.07, 6.45) is 6.76. The first-order chi connectivity index (χ1) is 9.10. The number of benzene rings is 1. The van der Waals surface area contributed by atoms with Gasteiger partial charge in [-0.15, -0.1) is 6.42 Å². The van der Waals surface area contributed by atoms with E-state index in [0.717, 1.165) is 5.69 Å². The number of aromatic nitrogens is 1. The maximum atomic E-state index is 12.1. The Bertz CT molecular complexity index is 674. The van der Waals surface area contributed by atoms with E-state index in [1.54, 1.807) is 30.3 Å². The molecule has 0 atom stereocenters. The van der Waals surface area contributed by atoms with Gasteiger partial charge in [0.1, 0.15) is 0 Å². The van der Waals surface area contributed by atoms with Gasteiger partial charge in [-0.3, -0.25) is 9.78 Å². The Balaban J connectivity index is 2.23. The van der Waals surface area contributed by atoms with Crippen molar-refractivity contribution in [3.8, 4) is 12.3 Å². The van der Waals surface area contributed by atoms with Gasteiger partial charge in [-0.1, -0.05) is 23.6 Å². The summed E-state index contributed by atoms with van der Waals surface area (Å²) >= 11 is 6.02. The molecule has 1 aromatic heterocycles. The van der Waals surface area contributed by atoms with Crippen LogP contribution in [0.5, 0.6) is 0 Å². The summed E-state index contributed by atoms with van der Waals surface area (Å²) < 4.78 is 0. The summed E-state index contributed by atoms with van der Waals surface area (Å²) in [6, 6.07) is 8.69. The number of carbonyl (C=O) groups is 1. The van der Waals surface area contributed by atoms with E-state index in [2.05, 4.69) is 16.2 Å². The van der Waals surface area contributed by atoms with Crippen LogP contribution in [0.2, 0.25) is 5.02 Å². The molecule has 0 saturated carbocycles. The smallest absolute Gasteiger partial charge is 0.258 e. The number of rotatable bonds is 2. The monoisotopic (exact) mass is 270 g/mol. The lowest BCUT2D eigenvalue weighted by Crippen LogP contribution is -2.13. The van der Waals surface area contributed by atoms with Crippen molar-refractivity contribution in [2.24, 2.45) is 0 Å². The van der Waals surface area contributed by atoms with Crippen LogP contribution >= 0.6 is 11.6 Å². The topological polar surface area (TPSA) is 42.0 Å². The molecule has 1 N–H and O–H groups in total. The Labute approximate surface area is 116 Å². The van der Waals surface area contributed by atoms with Gasteiger partial charge in [0.25, 0.3) is 5.91 Å². The van der Waals surface area contributed by atoms with E-state index >= 15 is 0 Å². The number of nitrogens with one attached hydrogen (secondary N) is 1. The lowest BCUT2D eigenvalue weighted by atomic mass is 10.2. The van der Waals surface area contributed by atoms with Crippen molar-refractivity contribution in [1.29, 1.82) is 0 Å². The van der Waals surface area contributed by atoms with Gasteiger partial charge in [0, 0.05) is 23.1 Å². The fourth-order valence-electron chi connectivity index (χ4n) is 1.58. The zero-order valence-corrected chi connectivity index (χ0v) is 11.0. The van der Waals surface area contributed by atoms with Crippen LogP contribution in [0, 0.1) is 19.3 Å². The van der Waals surface area contributed by atoms with Crippen LogP contribution < -0.4 is 5.32 Å². The summed E-state index contributed by atoms with van der Waals surface area (Å²) in [4.78, 5) is 16.1. The van der Waals surface area contributed by atoms with Crippen molar-refractivity contribution >= 4 is 23.2 Å². The summed E-state index contributed by atoms with van der Waals surface area (Å²) in [6.45, 7) is 1.81. The number of pyridine rings is 1. The minimum atomic E-state index is -0.313. The number of terminal acetylenes is 1. The molecular formula is C15H11ClN2O. The summed E-state index contributed by atoms with van der Waals surface area (Å²) in [5, 5.41) is 3.11. The second-order valence-corrected chi connectivity index (χ2v) is 4.39. The van der Waals surface area contributed by atoms with Crippen LogP contribution in [0.1, 0.15) is 21.6 Å². The lowest BCUT2D eigenvalue weighted by molar-refractivity contribution is 0.102. The van der Waals surface area contributed by atoms with Gasteiger partial charge in [-0.2, -0.15) is 0 Å². The molecule has 0 saturated heterocycles. The quantitative estimate of drug-likeness (QED) is 0.851. The Morgan fingerprint density at radius 2 is 2.21 bits per heavy atom. The Morgan fingerprint density at radius 3 is 2.89 bits per heavy atom. The van der Waals surface area contributed by atoms with E-state index in [9.17, 15) is 4.79 Å². The van der Waals surface area contributed by atoms with Crippen LogP contribution in [0.25, 0.3) is 0 Å². The van der Waals surface area contributed by atoms with Gasteiger partial charge in [-0.05, 0) is 31.2 Å². The van der Waals surface area contributed by atoms with E-state index in [4.69, 9.17) is 18.0 Å². The first-order valence-corrected chi connectivity index (χ1v) is 5.98. The molecule has 0 spiro atoms. The standard InChI is InChI=1S/C15H11ClN2O/c1-3-11-5-4-6-12(8-11)18-15(19)13-9-17-10(2)7-14(13)16/h1,4-9H,2H3,(H,18,19). The molecular weight excluding hydrogens is 260 g/mol. The van der Waals surface area contributed by atoms with Crippen molar-refractivity contribution < 1.29 is 4.79 Å². The third-order valence-electron chi connectivity index (χ3n) is 2.52. The van der Waals surface area contributed by atoms with Crippen molar-refractivity contribution in [3.63, 3.8) is 0 Å². The highest BCUT2D eigenvalue weighted by molar-refractivity contribution is 6.34. The van der Waals surface area contributed by atoms with Crippen LogP contribution in [-0.4, -0.2) is 10.9 Å². The molecule has 0 aliphatic heterocycles. The SMILES string of the molecule is C#Cc1cccc(NC(=O)c2cnc(C)cc2Cl)c1. The highest BCUT2D eigenvalue weighted by atomic mass is 35.5. The largest absolute Gasteiger partial charge is 0.322 e. The molecule has 2 aromatic rings. The van der Waals surface area contributed by atoms with Crippen molar-refractivity contribution in [2.75, 3.05) is 5.32 Å². The zero-order chi connectivity index (χ0) is 13.8. The van der Waals surface area contributed by atoms with Crippen LogP contribution in [-0.2, 0) is 0 Å². The first-order valence-electron chi connectivity index (χ1n) is 5.60. The minimum Gasteiger partial charge on any atom is -0.322 e. The normalized spacial score (nSPS) is 9.74. The molecule has 1 heterocycles. The predicted octanol–water partition coefficient (Wildman–Crippen LogP) is 3.28. The average molecular weight is 271 g/mol. The van der Waals surface area contributed by atoms with Crippen molar-refractivity contribution in [2.45, 2.75) is 6.92 Å². The Morgan fingerprint density at radius 1 is 1.42 bits per heavy atom. The molecule has 0 unspecified atom stereocenters. The lowest BCUT2D eigenvalue weighted by Gasteiger charge is -2.07. The fourth-order valence-corrected chi connectivity index (χ4v) is 1.87. The van der Waals surface area contributed by atoms with Crippen molar-refractivity contribution in [1.82, 2.24) is 4.98 Å². The summed E-state index contributed by atoms with van der Waals surface area (Å²) in [5.74, 6) is 2.20. The maximum Gasteiger partial charge on any atom is 0.258 e. The van der Waals surface area contributed by atoms with Gasteiger partial charge >= 0.3 is 0 Å². The Hall–Kier alpha value is -2.31. The molecule has 1 amide bonds. The molecule has 3 nitrogen and oxygen atoms in total. The van der Waals surface area contributed by atoms with E-state index in [0.29, 0.717) is 21.8 Å². The first kappa shape index (κ1) is 13.1. The van der Waals surface area contributed by atoms with Crippen LogP contribution in [0.4, 0.5) is 5.69 Å². The number of aryl methyl sites for hydroxylation is 1. The maximum absolute atomic E-state index is 12.1. The average Bonchev–Trinajstić information content (AvgIpc) is 2.38. The molecule has 0 aliphatic rings. The fraction of sp³-hybridized carbons (Fsp3) is 0.0667. The van der Waals surface area contributed by atoms with Gasteiger partial charge < -0.3 is 5.32 Å². The second-order valence-electron chi connectivity index (χ2n) is 3.98. The molecule has 2 rings (SSSR count). The van der Waals surface area contributed by atoms with Crippen LogP contribution in [0.3, 0.4) is 0 Å². The van der Waals surface area contributed by atoms with Crippen LogP contribution in [0.15, 0.2) is 36.5 Å². The number of hydrogen-bond donors (Lipinski definition) is 1. The number of carbonyl (C=O) groups excluding carboxylic acids is 1. The molecule has 0 bridgehead atoms. The molecule has 0 fully saturated rings. The molecule has 19 heavy (non-hydrogen) atoms. The predicted molar refractivity (Wildman–Crippen MR) is 76.3 cm³/mol. The summed E-state index contributed by atoms with van der Waals surface area (Å²) in [5.41, 5.74) is 2.41. The van der Waals surface area contributed by atoms with Crippen molar-refractivity contribution in [3.05, 3.63) is 58.4 Å². The molecule has 0 aliphatic carbocycles. The third-order valence-corrected chi connectivity index (χ3v) is 2.83. The van der Waals surface area contributed by atoms with Gasteiger partial charge in [0.15, 0.2) is 0 Å². The second kappa shape index (κ2) is 5.55. The number of halogens is 1. The van der Waals surface area contributed by atoms with Gasteiger partial charge in [0.05, 0.1) is 10.6 Å². The number of amides is 1. The molecule has 4 heteroatoms. The van der Waals surface area contributed by atoms with Gasteiger partial charge in [0.2, 0.25) is 0 Å². The Kier molecular flexibility index (Phi) is 3.84. The van der Waals surface area contributed by atoms with E-state index < -0.39 is 0 Å². The van der Waals surface area contributed by atoms with E-state index in [1.807, 2.05) is 6.92 Å². The number of nitrogens with zero attached hydrogens (tertiary/aromatic N) is 1.